The molecule has 6 nitrogen and oxygen atoms in total. The number of rotatable bonds is 5. The molecule has 2 N–H and O–H groups in total. The predicted molar refractivity (Wildman–Crippen MR) is 117 cm³/mol. The first-order valence-electron chi connectivity index (χ1n) is 8.25. The van der Waals surface area contributed by atoms with E-state index in [0.717, 1.165) is 15.5 Å². The van der Waals surface area contributed by atoms with E-state index in [9.17, 15) is 13.2 Å². The zero-order valence-corrected chi connectivity index (χ0v) is 17.1. The standard InChI is InChI=1S/C18H14BN3O3S3/c19-12-1-6-15-11(9-12)10-16(27-15)17(23)21-13-2-4-14(5-3-13)28(24,25)22-18-20-7-8-26-18/h1-10H,19H2,(H,20,22)(H,21,23). The highest BCUT2D eigenvalue weighted by Gasteiger charge is 2.16. The quantitative estimate of drug-likeness (QED) is 0.480. The minimum Gasteiger partial charge on any atom is -0.321 e. The van der Waals surface area contributed by atoms with Gasteiger partial charge in [0.15, 0.2) is 5.13 Å². The molecule has 0 unspecified atom stereocenters. The average Bonchev–Trinajstić information content (AvgIpc) is 3.31. The highest BCUT2D eigenvalue weighted by Crippen LogP contribution is 2.26. The van der Waals surface area contributed by atoms with Crippen molar-refractivity contribution in [2.75, 3.05) is 10.0 Å². The van der Waals surface area contributed by atoms with Gasteiger partial charge < -0.3 is 5.32 Å². The van der Waals surface area contributed by atoms with Gasteiger partial charge in [0, 0.05) is 22.0 Å². The molecule has 0 radical (unpaired) electrons. The lowest BCUT2D eigenvalue weighted by atomic mass is 9.95. The SMILES string of the molecule is Bc1ccc2sc(C(=O)Nc3ccc(S(=O)(=O)Nc4nccs4)cc3)cc2c1. The van der Waals surface area contributed by atoms with E-state index in [1.165, 1.54) is 41.0 Å². The third-order valence-corrected chi connectivity index (χ3v) is 7.26. The molecule has 4 rings (SSSR count). The third-order valence-electron chi connectivity index (χ3n) is 3.97. The Morgan fingerprint density at radius 2 is 1.86 bits per heavy atom. The second-order valence-corrected chi connectivity index (χ2v) is 9.73. The van der Waals surface area contributed by atoms with Crippen molar-refractivity contribution < 1.29 is 13.2 Å². The van der Waals surface area contributed by atoms with Crippen LogP contribution in [0.25, 0.3) is 10.1 Å². The van der Waals surface area contributed by atoms with Gasteiger partial charge in [0.25, 0.3) is 15.9 Å². The fraction of sp³-hybridized carbons (Fsp3) is 0. The summed E-state index contributed by atoms with van der Waals surface area (Å²) in [6, 6.07) is 13.9. The average molecular weight is 427 g/mol. The van der Waals surface area contributed by atoms with Crippen LogP contribution in [0, 0.1) is 0 Å². The first kappa shape index (κ1) is 18.7. The molecule has 0 atom stereocenters. The molecule has 0 saturated heterocycles. The lowest BCUT2D eigenvalue weighted by molar-refractivity contribution is 0.103. The second kappa shape index (κ2) is 7.38. The summed E-state index contributed by atoms with van der Waals surface area (Å²) in [6.45, 7) is 0. The first-order valence-corrected chi connectivity index (χ1v) is 11.4. The molecule has 4 aromatic rings. The summed E-state index contributed by atoms with van der Waals surface area (Å²) in [5.41, 5.74) is 1.66. The van der Waals surface area contributed by atoms with E-state index < -0.39 is 10.0 Å². The van der Waals surface area contributed by atoms with Crippen molar-refractivity contribution in [3.05, 3.63) is 65.0 Å². The van der Waals surface area contributed by atoms with Gasteiger partial charge in [-0.3, -0.25) is 9.52 Å². The van der Waals surface area contributed by atoms with E-state index in [1.807, 2.05) is 32.1 Å². The smallest absolute Gasteiger partial charge is 0.265 e. The summed E-state index contributed by atoms with van der Waals surface area (Å²) in [6.07, 6.45) is 1.52. The van der Waals surface area contributed by atoms with Crippen LogP contribution in [0.3, 0.4) is 0 Å². The number of nitrogens with one attached hydrogen (secondary N) is 2. The Bertz CT molecular complexity index is 1250. The van der Waals surface area contributed by atoms with Crippen LogP contribution < -0.4 is 15.5 Å². The van der Waals surface area contributed by atoms with Crippen molar-refractivity contribution in [1.29, 1.82) is 0 Å². The van der Waals surface area contributed by atoms with Crippen molar-refractivity contribution in [3.8, 4) is 0 Å². The van der Waals surface area contributed by atoms with Gasteiger partial charge in [0.05, 0.1) is 9.77 Å². The Morgan fingerprint density at radius 3 is 2.57 bits per heavy atom. The molecule has 0 aliphatic carbocycles. The van der Waals surface area contributed by atoms with E-state index in [4.69, 9.17) is 0 Å². The molecular weight excluding hydrogens is 413 g/mol. The lowest BCUT2D eigenvalue weighted by Gasteiger charge is -2.07. The van der Waals surface area contributed by atoms with E-state index in [-0.39, 0.29) is 10.8 Å². The highest BCUT2D eigenvalue weighted by atomic mass is 32.2. The van der Waals surface area contributed by atoms with Crippen LogP contribution >= 0.6 is 22.7 Å². The number of carbonyl (C=O) groups excluding carboxylic acids is 1. The van der Waals surface area contributed by atoms with Gasteiger partial charge in [-0.2, -0.15) is 0 Å². The zero-order chi connectivity index (χ0) is 19.7. The molecule has 1 amide bonds. The van der Waals surface area contributed by atoms with E-state index in [2.05, 4.69) is 15.0 Å². The minimum absolute atomic E-state index is 0.0954. The van der Waals surface area contributed by atoms with Gasteiger partial charge in [-0.15, -0.1) is 22.7 Å². The Balaban J connectivity index is 1.49. The fourth-order valence-corrected chi connectivity index (χ4v) is 5.36. The normalized spacial score (nSPS) is 11.4. The van der Waals surface area contributed by atoms with Crippen LogP contribution in [0.15, 0.2) is 65.0 Å². The number of aromatic nitrogens is 1. The molecule has 0 aliphatic heterocycles. The number of thiophene rings is 1. The summed E-state index contributed by atoms with van der Waals surface area (Å²) in [7, 11) is -1.71. The molecule has 0 aliphatic rings. The van der Waals surface area contributed by atoms with Gasteiger partial charge in [-0.1, -0.05) is 17.6 Å². The van der Waals surface area contributed by atoms with Crippen molar-refractivity contribution in [2.24, 2.45) is 0 Å². The maximum atomic E-state index is 12.5. The third kappa shape index (κ3) is 3.94. The molecule has 2 aromatic heterocycles. The number of hydrogen-bond acceptors (Lipinski definition) is 6. The summed E-state index contributed by atoms with van der Waals surface area (Å²) in [5.74, 6) is -0.227. The Morgan fingerprint density at radius 1 is 1.07 bits per heavy atom. The molecule has 0 saturated carbocycles. The van der Waals surface area contributed by atoms with Crippen LogP contribution in [0.2, 0.25) is 0 Å². The maximum absolute atomic E-state index is 12.5. The monoisotopic (exact) mass is 427 g/mol. The van der Waals surface area contributed by atoms with E-state index in [0.29, 0.717) is 15.7 Å². The van der Waals surface area contributed by atoms with E-state index >= 15 is 0 Å². The van der Waals surface area contributed by atoms with Crippen molar-refractivity contribution in [2.45, 2.75) is 4.90 Å². The number of sulfonamides is 1. The summed E-state index contributed by atoms with van der Waals surface area (Å²) < 4.78 is 28.2. The van der Waals surface area contributed by atoms with Crippen molar-refractivity contribution in [1.82, 2.24) is 4.98 Å². The number of hydrogen-bond donors (Lipinski definition) is 2. The van der Waals surface area contributed by atoms with E-state index in [1.54, 1.807) is 17.5 Å². The first-order chi connectivity index (χ1) is 13.4. The second-order valence-electron chi connectivity index (χ2n) is 6.07. The van der Waals surface area contributed by atoms with Crippen molar-refractivity contribution in [3.63, 3.8) is 0 Å². The number of fused-ring (bicyclic) bond motifs is 1. The Kier molecular flexibility index (Phi) is 4.92. The Labute approximate surface area is 170 Å². The fourth-order valence-electron chi connectivity index (χ4n) is 2.63. The molecule has 0 spiro atoms. The number of nitrogens with zero attached hydrogens (tertiary/aromatic N) is 1. The molecule has 140 valence electrons. The van der Waals surface area contributed by atoms with Gasteiger partial charge in [0.1, 0.15) is 7.85 Å². The van der Waals surface area contributed by atoms with Gasteiger partial charge in [0.2, 0.25) is 0 Å². The number of anilines is 2. The molecule has 28 heavy (non-hydrogen) atoms. The molecule has 2 aromatic carbocycles. The number of carbonyl (C=O) groups is 1. The molecule has 2 heterocycles. The van der Waals surface area contributed by atoms with Gasteiger partial charge in [-0.25, -0.2) is 13.4 Å². The maximum Gasteiger partial charge on any atom is 0.265 e. The van der Waals surface area contributed by atoms with Crippen molar-refractivity contribution >= 4 is 72.8 Å². The largest absolute Gasteiger partial charge is 0.321 e. The molecule has 10 heteroatoms. The van der Waals surface area contributed by atoms with Crippen LogP contribution in [-0.4, -0.2) is 27.2 Å². The highest BCUT2D eigenvalue weighted by molar-refractivity contribution is 7.93. The van der Waals surface area contributed by atoms with Crippen LogP contribution in [0.4, 0.5) is 10.8 Å². The molecule has 0 bridgehead atoms. The summed E-state index contributed by atoms with van der Waals surface area (Å²) >= 11 is 2.62. The lowest BCUT2D eigenvalue weighted by Crippen LogP contribution is -2.13. The molecule has 0 fully saturated rings. The predicted octanol–water partition coefficient (Wildman–Crippen LogP) is 2.67. The van der Waals surface area contributed by atoms with Gasteiger partial charge in [-0.05, 0) is 41.8 Å². The van der Waals surface area contributed by atoms with Crippen LogP contribution in [-0.2, 0) is 10.0 Å². The minimum atomic E-state index is -3.71. The number of benzene rings is 2. The number of thiazole rings is 1. The summed E-state index contributed by atoms with van der Waals surface area (Å²) in [5, 5.41) is 5.83. The van der Waals surface area contributed by atoms with Gasteiger partial charge >= 0.3 is 0 Å². The topological polar surface area (TPSA) is 88.2 Å². The Hall–Kier alpha value is -2.69. The zero-order valence-electron chi connectivity index (χ0n) is 14.7. The molecular formula is C18H14BN3O3S3. The van der Waals surface area contributed by atoms with Crippen LogP contribution in [0.1, 0.15) is 9.67 Å². The van der Waals surface area contributed by atoms with Crippen LogP contribution in [0.5, 0.6) is 0 Å². The number of amides is 1. The summed E-state index contributed by atoms with van der Waals surface area (Å²) in [4.78, 5) is 17.1.